The largest absolute Gasteiger partial charge is 0.395 e. The van der Waals surface area contributed by atoms with Crippen molar-refractivity contribution in [1.82, 2.24) is 13.7 Å². The third-order valence-electron chi connectivity index (χ3n) is 14.5. The number of azo groups is 3. The van der Waals surface area contributed by atoms with Gasteiger partial charge in [-0.1, -0.05) is 0 Å². The Bertz CT molecular complexity index is 3500. The van der Waals surface area contributed by atoms with Gasteiger partial charge in [-0.25, -0.2) is 28.1 Å². The van der Waals surface area contributed by atoms with Gasteiger partial charge >= 0.3 is 17.1 Å². The second-order valence-corrected chi connectivity index (χ2v) is 21.4. The Hall–Kier alpha value is -10.1. The van der Waals surface area contributed by atoms with E-state index in [1.165, 1.54) is 72.8 Å². The molecule has 30 nitrogen and oxygen atoms in total. The molecular formula is C60H69N15O15. The van der Waals surface area contributed by atoms with E-state index >= 15 is 0 Å². The SMILES string of the molecule is Cc1cc(N(CCO)CC(O)Cn2c(=O)n(CC(O)CN(CCO)c3cc(C)c(N=Nc4ccc([N+](=O)[O-])cc4)c(C)c3)c(=O)n(CC(O)CN(CCO)c3cc(C)c(N=Nc4ccc([N+](=O)[O-])cc4)c(C)c3)c2=O)cc(C)c1N=Nc1ccc([N+](=O)[O-])cc1. The molecule has 6 aromatic carbocycles. The predicted octanol–water partition coefficient (Wildman–Crippen LogP) is 7.57. The van der Waals surface area contributed by atoms with E-state index in [2.05, 4.69) is 30.7 Å². The molecule has 0 bridgehead atoms. The first-order valence-corrected chi connectivity index (χ1v) is 28.3. The summed E-state index contributed by atoms with van der Waals surface area (Å²) < 4.78 is 1.85. The lowest BCUT2D eigenvalue weighted by molar-refractivity contribution is -0.385. The van der Waals surface area contributed by atoms with Gasteiger partial charge in [0.05, 0.1) is 107 Å². The number of aromatic nitrogens is 3. The van der Waals surface area contributed by atoms with Crippen molar-refractivity contribution in [2.24, 2.45) is 30.7 Å². The first-order valence-electron chi connectivity index (χ1n) is 28.3. The Morgan fingerprint density at radius 2 is 0.600 bits per heavy atom. The summed E-state index contributed by atoms with van der Waals surface area (Å²) in [6, 6.07) is 26.8. The molecule has 6 N–H and O–H groups in total. The van der Waals surface area contributed by atoms with E-state index in [0.29, 0.717) is 98.3 Å². The van der Waals surface area contributed by atoms with E-state index in [1.807, 2.05) is 0 Å². The van der Waals surface area contributed by atoms with Gasteiger partial charge in [0.15, 0.2) is 0 Å². The summed E-state index contributed by atoms with van der Waals surface area (Å²) in [5.41, 5.74) is 3.83. The minimum absolute atomic E-state index is 0.0343. The Morgan fingerprint density at radius 3 is 0.789 bits per heavy atom. The standard InChI is InChI=1S/C60H69N15O15/c1-37-25-49(26-38(2)55(37)64-61-43-7-13-46(14-8-43)73(85)86)67(19-22-76)31-52(79)34-70-58(82)71(35-53(80)32-68(20-23-77)50-27-39(3)56(40(4)28-50)65-62-44-9-15-47(16-10-44)74(87)88)60(84)72(59(70)83)36-54(81)33-69(21-24-78)51-29-41(5)57(42(6)30-51)66-63-45-11-17-48(18-12-45)75(89)90/h7-18,25-30,52-54,76-81H,19-24,31-36H2,1-6H3. The molecule has 3 unspecified atom stereocenters. The summed E-state index contributed by atoms with van der Waals surface area (Å²) in [5.74, 6) is 0. The fourth-order valence-corrected chi connectivity index (χ4v) is 10.1. The molecule has 7 aromatic rings. The maximum absolute atomic E-state index is 14.6. The zero-order valence-corrected chi connectivity index (χ0v) is 50.2. The molecule has 0 amide bonds. The molecule has 1 heterocycles. The summed E-state index contributed by atoms with van der Waals surface area (Å²) in [5, 5.41) is 125. The number of benzene rings is 6. The maximum Gasteiger partial charge on any atom is 0.336 e. The second-order valence-electron chi connectivity index (χ2n) is 21.4. The fraction of sp³-hybridized carbons (Fsp3) is 0.350. The number of non-ortho nitro benzene ring substituents is 3. The fourth-order valence-electron chi connectivity index (χ4n) is 10.1. The number of anilines is 3. The van der Waals surface area contributed by atoms with Gasteiger partial charge in [-0.3, -0.25) is 30.3 Å². The van der Waals surface area contributed by atoms with Gasteiger partial charge in [0, 0.05) is 92.7 Å². The molecule has 474 valence electrons. The zero-order chi connectivity index (χ0) is 65.5. The van der Waals surface area contributed by atoms with Crippen LogP contribution >= 0.6 is 0 Å². The van der Waals surface area contributed by atoms with E-state index in [1.54, 1.807) is 92.6 Å². The van der Waals surface area contributed by atoms with E-state index in [4.69, 9.17) is 0 Å². The summed E-state index contributed by atoms with van der Waals surface area (Å²) in [6.07, 6.45) is -4.65. The third kappa shape index (κ3) is 17.1. The predicted molar refractivity (Wildman–Crippen MR) is 335 cm³/mol. The molecule has 7 rings (SSSR count). The van der Waals surface area contributed by atoms with Gasteiger partial charge < -0.3 is 45.3 Å². The van der Waals surface area contributed by atoms with Gasteiger partial charge in [-0.05, 0) is 148 Å². The third-order valence-corrected chi connectivity index (χ3v) is 14.5. The van der Waals surface area contributed by atoms with Crippen molar-refractivity contribution in [3.63, 3.8) is 0 Å². The number of nitrogens with zero attached hydrogens (tertiary/aromatic N) is 15. The van der Waals surface area contributed by atoms with Crippen molar-refractivity contribution in [3.8, 4) is 0 Å². The lowest BCUT2D eigenvalue weighted by Gasteiger charge is -2.29. The van der Waals surface area contributed by atoms with Gasteiger partial charge in [-0.15, -0.1) is 0 Å². The molecule has 90 heavy (non-hydrogen) atoms. The van der Waals surface area contributed by atoms with Crippen LogP contribution in [0.15, 0.2) is 154 Å². The lowest BCUT2D eigenvalue weighted by atomic mass is 10.1. The van der Waals surface area contributed by atoms with Crippen molar-refractivity contribution in [1.29, 1.82) is 0 Å². The highest BCUT2D eigenvalue weighted by Gasteiger charge is 2.26. The quantitative estimate of drug-likeness (QED) is 0.0143. The zero-order valence-electron chi connectivity index (χ0n) is 50.2. The number of nitro groups is 3. The molecule has 1 aromatic heterocycles. The Kier molecular flexibility index (Phi) is 23.0. The molecule has 0 saturated heterocycles. The average Bonchev–Trinajstić information content (AvgIpc) is 1.35. The van der Waals surface area contributed by atoms with Gasteiger partial charge in [0.1, 0.15) is 0 Å². The number of aliphatic hydroxyl groups is 6. The van der Waals surface area contributed by atoms with E-state index < -0.39 is 89.6 Å². The first kappa shape index (κ1) is 67.4. The minimum Gasteiger partial charge on any atom is -0.395 e. The Balaban J connectivity index is 1.18. The van der Waals surface area contributed by atoms with Gasteiger partial charge in [0.2, 0.25) is 0 Å². The maximum atomic E-state index is 14.6. The van der Waals surface area contributed by atoms with Crippen LogP contribution in [0.4, 0.5) is 68.2 Å². The molecule has 0 radical (unpaired) electrons. The van der Waals surface area contributed by atoms with Crippen LogP contribution in [-0.4, -0.2) is 137 Å². The molecule has 0 saturated carbocycles. The molecule has 0 aliphatic carbocycles. The second kappa shape index (κ2) is 30.7. The van der Waals surface area contributed by atoms with Crippen LogP contribution in [0.25, 0.3) is 0 Å². The smallest absolute Gasteiger partial charge is 0.336 e. The Labute approximate surface area is 514 Å². The van der Waals surface area contributed by atoms with Gasteiger partial charge in [-0.2, -0.15) is 30.7 Å². The van der Waals surface area contributed by atoms with Crippen molar-refractivity contribution in [3.05, 3.63) is 204 Å². The number of hydrogen-bond donors (Lipinski definition) is 6. The van der Waals surface area contributed by atoms with Crippen molar-refractivity contribution in [2.75, 3.05) is 73.8 Å². The molecule has 0 aliphatic rings. The summed E-state index contributed by atoms with van der Waals surface area (Å²) in [7, 11) is 0. The first-order chi connectivity index (χ1) is 42.9. The molecular weight excluding hydrogens is 1170 g/mol. The summed E-state index contributed by atoms with van der Waals surface area (Å²) >= 11 is 0. The van der Waals surface area contributed by atoms with E-state index in [0.717, 1.165) is 0 Å². The monoisotopic (exact) mass is 1240 g/mol. The number of hydrogen-bond acceptors (Lipinski definition) is 24. The number of rotatable bonds is 30. The molecule has 0 spiro atoms. The van der Waals surface area contributed by atoms with E-state index in [9.17, 15) is 75.4 Å². The van der Waals surface area contributed by atoms with Crippen molar-refractivity contribution < 1.29 is 45.4 Å². The topological polar surface area (TPSA) is 401 Å². The van der Waals surface area contributed by atoms with Crippen LogP contribution in [0.1, 0.15) is 33.4 Å². The number of nitro benzene ring substituents is 3. The van der Waals surface area contributed by atoms with Crippen LogP contribution in [0.2, 0.25) is 0 Å². The van der Waals surface area contributed by atoms with Crippen molar-refractivity contribution >= 4 is 68.2 Å². The Morgan fingerprint density at radius 1 is 0.389 bits per heavy atom. The lowest BCUT2D eigenvalue weighted by Crippen LogP contribution is -2.58. The van der Waals surface area contributed by atoms with E-state index in [-0.39, 0.29) is 56.3 Å². The summed E-state index contributed by atoms with van der Waals surface area (Å²) in [4.78, 5) is 80.5. The number of aryl methyl sites for hydroxylation is 6. The molecule has 3 atom stereocenters. The highest BCUT2D eigenvalue weighted by molar-refractivity contribution is 5.65. The highest BCUT2D eigenvalue weighted by Crippen LogP contribution is 2.35. The normalized spacial score (nSPS) is 12.7. The molecule has 0 aliphatic heterocycles. The van der Waals surface area contributed by atoms with Crippen molar-refractivity contribution in [2.45, 2.75) is 79.5 Å². The minimum atomic E-state index is -1.55. The highest BCUT2D eigenvalue weighted by atomic mass is 16.6. The molecule has 30 heteroatoms. The van der Waals surface area contributed by atoms with Crippen LogP contribution in [-0.2, 0) is 19.6 Å². The van der Waals surface area contributed by atoms with Crippen LogP contribution in [0.3, 0.4) is 0 Å². The van der Waals surface area contributed by atoms with Crippen LogP contribution < -0.4 is 31.8 Å². The number of aliphatic hydroxyl groups excluding tert-OH is 6. The van der Waals surface area contributed by atoms with Gasteiger partial charge in [0.25, 0.3) is 17.1 Å². The average molecular weight is 1240 g/mol. The summed E-state index contributed by atoms with van der Waals surface area (Å²) in [6.45, 7) is 6.25. The molecule has 0 fully saturated rings. The van der Waals surface area contributed by atoms with Crippen LogP contribution in [0, 0.1) is 71.9 Å². The van der Waals surface area contributed by atoms with Crippen LogP contribution in [0.5, 0.6) is 0 Å².